The van der Waals surface area contributed by atoms with E-state index in [1.807, 2.05) is 31.2 Å². The van der Waals surface area contributed by atoms with Crippen molar-refractivity contribution in [1.82, 2.24) is 5.32 Å². The van der Waals surface area contributed by atoms with Gasteiger partial charge in [0.25, 0.3) is 0 Å². The highest BCUT2D eigenvalue weighted by Gasteiger charge is 2.01. The zero-order valence-corrected chi connectivity index (χ0v) is 11.4. The van der Waals surface area contributed by atoms with E-state index in [4.69, 9.17) is 11.6 Å². The minimum atomic E-state index is -0.233. The summed E-state index contributed by atoms with van der Waals surface area (Å²) in [5.74, 6) is 0. The van der Waals surface area contributed by atoms with Crippen LogP contribution in [0.2, 0.25) is 5.02 Å². The maximum absolute atomic E-state index is 11.7. The second kappa shape index (κ2) is 6.25. The molecule has 2 N–H and O–H groups in total. The Morgan fingerprint density at radius 2 is 1.89 bits per heavy atom. The summed E-state index contributed by atoms with van der Waals surface area (Å²) in [5, 5.41) is 6.20. The first-order valence-electron chi connectivity index (χ1n) is 5.99. The fourth-order valence-electron chi connectivity index (χ4n) is 1.71. The molecule has 0 spiro atoms. The Hall–Kier alpha value is -2.00. The van der Waals surface area contributed by atoms with E-state index >= 15 is 0 Å². The summed E-state index contributed by atoms with van der Waals surface area (Å²) >= 11 is 5.78. The Bertz CT molecular complexity index is 567. The average Bonchev–Trinajstić information content (AvgIpc) is 2.39. The molecule has 0 aliphatic heterocycles. The fraction of sp³-hybridized carbons (Fsp3) is 0.133. The van der Waals surface area contributed by atoms with Gasteiger partial charge in [-0.3, -0.25) is 0 Å². The first-order chi connectivity index (χ1) is 9.13. The first kappa shape index (κ1) is 13.4. The van der Waals surface area contributed by atoms with Gasteiger partial charge in [0.05, 0.1) is 0 Å². The molecule has 2 rings (SSSR count). The highest BCUT2D eigenvalue weighted by molar-refractivity contribution is 6.30. The van der Waals surface area contributed by atoms with Crippen LogP contribution in [0.3, 0.4) is 0 Å². The number of hydrogen-bond donors (Lipinski definition) is 2. The molecule has 0 unspecified atom stereocenters. The molecule has 4 heteroatoms. The zero-order chi connectivity index (χ0) is 13.7. The van der Waals surface area contributed by atoms with E-state index < -0.39 is 0 Å². The lowest BCUT2D eigenvalue weighted by Crippen LogP contribution is -2.28. The van der Waals surface area contributed by atoms with E-state index in [0.717, 1.165) is 5.56 Å². The van der Waals surface area contributed by atoms with Crippen LogP contribution in [0.15, 0.2) is 48.5 Å². The molecule has 0 fully saturated rings. The molecule has 0 aliphatic rings. The molecule has 19 heavy (non-hydrogen) atoms. The summed E-state index contributed by atoms with van der Waals surface area (Å²) in [4.78, 5) is 11.7. The number of rotatable bonds is 3. The summed E-state index contributed by atoms with van der Waals surface area (Å²) in [6, 6.07) is 14.8. The Kier molecular flexibility index (Phi) is 4.42. The van der Waals surface area contributed by atoms with Gasteiger partial charge in [-0.05, 0) is 36.8 Å². The van der Waals surface area contributed by atoms with Crippen LogP contribution in [0.4, 0.5) is 10.5 Å². The van der Waals surface area contributed by atoms with E-state index in [1.165, 1.54) is 5.56 Å². The maximum Gasteiger partial charge on any atom is 0.319 e. The lowest BCUT2D eigenvalue weighted by atomic mass is 10.1. The largest absolute Gasteiger partial charge is 0.334 e. The van der Waals surface area contributed by atoms with Crippen LogP contribution < -0.4 is 10.6 Å². The van der Waals surface area contributed by atoms with Crippen LogP contribution in [0.1, 0.15) is 11.1 Å². The van der Waals surface area contributed by atoms with Crippen molar-refractivity contribution in [3.63, 3.8) is 0 Å². The van der Waals surface area contributed by atoms with Gasteiger partial charge in [-0.2, -0.15) is 0 Å². The van der Waals surface area contributed by atoms with Crippen molar-refractivity contribution < 1.29 is 4.79 Å². The van der Waals surface area contributed by atoms with Crippen molar-refractivity contribution in [2.24, 2.45) is 0 Å². The lowest BCUT2D eigenvalue weighted by Gasteiger charge is -2.08. The SMILES string of the molecule is Cc1cccc(CNC(=O)Nc2ccc(Cl)cc2)c1. The average molecular weight is 275 g/mol. The standard InChI is InChI=1S/C15H15ClN2O/c1-11-3-2-4-12(9-11)10-17-15(19)18-14-7-5-13(16)6-8-14/h2-9H,10H2,1H3,(H2,17,18,19). The van der Waals surface area contributed by atoms with E-state index in [0.29, 0.717) is 17.3 Å². The number of aryl methyl sites for hydroxylation is 1. The fourth-order valence-corrected chi connectivity index (χ4v) is 1.84. The number of benzene rings is 2. The molecule has 0 atom stereocenters. The molecule has 0 aromatic heterocycles. The smallest absolute Gasteiger partial charge is 0.319 e. The number of anilines is 1. The quantitative estimate of drug-likeness (QED) is 0.874. The van der Waals surface area contributed by atoms with Crippen molar-refractivity contribution >= 4 is 23.3 Å². The molecular formula is C15H15ClN2O. The van der Waals surface area contributed by atoms with Crippen LogP contribution in [-0.2, 0) is 6.54 Å². The van der Waals surface area contributed by atoms with Gasteiger partial charge in [0.1, 0.15) is 0 Å². The van der Waals surface area contributed by atoms with Crippen molar-refractivity contribution in [2.75, 3.05) is 5.32 Å². The molecule has 2 aromatic carbocycles. The van der Waals surface area contributed by atoms with E-state index in [9.17, 15) is 4.79 Å². The van der Waals surface area contributed by atoms with Crippen molar-refractivity contribution in [3.8, 4) is 0 Å². The topological polar surface area (TPSA) is 41.1 Å². The Morgan fingerprint density at radius 3 is 2.58 bits per heavy atom. The third-order valence-corrected chi connectivity index (χ3v) is 2.89. The Morgan fingerprint density at radius 1 is 1.16 bits per heavy atom. The third kappa shape index (κ3) is 4.30. The van der Waals surface area contributed by atoms with Gasteiger partial charge in [-0.15, -0.1) is 0 Å². The van der Waals surface area contributed by atoms with Crippen molar-refractivity contribution in [3.05, 3.63) is 64.7 Å². The maximum atomic E-state index is 11.7. The second-order valence-electron chi connectivity index (χ2n) is 4.30. The number of nitrogens with one attached hydrogen (secondary N) is 2. The van der Waals surface area contributed by atoms with Crippen LogP contribution >= 0.6 is 11.6 Å². The van der Waals surface area contributed by atoms with Crippen LogP contribution in [0, 0.1) is 6.92 Å². The molecule has 0 aliphatic carbocycles. The van der Waals surface area contributed by atoms with Crippen LogP contribution in [0.5, 0.6) is 0 Å². The number of carbonyl (C=O) groups is 1. The molecule has 0 heterocycles. The van der Waals surface area contributed by atoms with Gasteiger partial charge in [-0.1, -0.05) is 41.4 Å². The summed E-state index contributed by atoms with van der Waals surface area (Å²) in [6.45, 7) is 2.53. The predicted octanol–water partition coefficient (Wildman–Crippen LogP) is 3.97. The minimum Gasteiger partial charge on any atom is -0.334 e. The van der Waals surface area contributed by atoms with Gasteiger partial charge in [-0.25, -0.2) is 4.79 Å². The van der Waals surface area contributed by atoms with Crippen molar-refractivity contribution in [2.45, 2.75) is 13.5 Å². The molecule has 0 radical (unpaired) electrons. The van der Waals surface area contributed by atoms with Gasteiger partial charge >= 0.3 is 6.03 Å². The molecule has 2 amide bonds. The number of urea groups is 1. The molecule has 0 saturated carbocycles. The lowest BCUT2D eigenvalue weighted by molar-refractivity contribution is 0.251. The minimum absolute atomic E-state index is 0.233. The summed E-state index contributed by atoms with van der Waals surface area (Å²) < 4.78 is 0. The van der Waals surface area contributed by atoms with Gasteiger partial charge in [0.2, 0.25) is 0 Å². The van der Waals surface area contributed by atoms with Gasteiger partial charge < -0.3 is 10.6 Å². The highest BCUT2D eigenvalue weighted by Crippen LogP contribution is 2.13. The van der Waals surface area contributed by atoms with E-state index in [2.05, 4.69) is 10.6 Å². The molecule has 0 saturated heterocycles. The summed E-state index contributed by atoms with van der Waals surface area (Å²) in [5.41, 5.74) is 2.97. The summed E-state index contributed by atoms with van der Waals surface area (Å²) in [7, 11) is 0. The van der Waals surface area contributed by atoms with Gasteiger partial charge in [0, 0.05) is 17.3 Å². The number of halogens is 1. The number of hydrogen-bond acceptors (Lipinski definition) is 1. The summed E-state index contributed by atoms with van der Waals surface area (Å²) in [6.07, 6.45) is 0. The van der Waals surface area contributed by atoms with Crippen LogP contribution in [0.25, 0.3) is 0 Å². The number of carbonyl (C=O) groups excluding carboxylic acids is 1. The first-order valence-corrected chi connectivity index (χ1v) is 6.37. The Balaban J connectivity index is 1.86. The number of amides is 2. The van der Waals surface area contributed by atoms with Gasteiger partial charge in [0.15, 0.2) is 0 Å². The van der Waals surface area contributed by atoms with E-state index in [1.54, 1.807) is 24.3 Å². The zero-order valence-electron chi connectivity index (χ0n) is 10.6. The molecular weight excluding hydrogens is 260 g/mol. The third-order valence-electron chi connectivity index (χ3n) is 2.64. The second-order valence-corrected chi connectivity index (χ2v) is 4.74. The Labute approximate surface area is 117 Å². The van der Waals surface area contributed by atoms with Crippen molar-refractivity contribution in [1.29, 1.82) is 0 Å². The molecule has 3 nitrogen and oxygen atoms in total. The molecule has 2 aromatic rings. The molecule has 98 valence electrons. The monoisotopic (exact) mass is 274 g/mol. The predicted molar refractivity (Wildman–Crippen MR) is 78.5 cm³/mol. The van der Waals surface area contributed by atoms with Crippen LogP contribution in [-0.4, -0.2) is 6.03 Å². The highest BCUT2D eigenvalue weighted by atomic mass is 35.5. The normalized spacial score (nSPS) is 10.0. The molecule has 0 bridgehead atoms. The van der Waals surface area contributed by atoms with E-state index in [-0.39, 0.29) is 6.03 Å².